The Balaban J connectivity index is 3.95. The van der Waals surface area contributed by atoms with E-state index >= 15 is 0 Å². The molecule has 0 aliphatic heterocycles. The second-order valence-electron chi connectivity index (χ2n) is 28.4. The minimum Gasteiger partial charge on any atom is -0.756 e. The third kappa shape index (κ3) is 79.8. The van der Waals surface area contributed by atoms with Gasteiger partial charge in [0, 0.05) is 12.8 Å². The van der Waals surface area contributed by atoms with E-state index in [1.54, 1.807) is 0 Å². The van der Waals surface area contributed by atoms with Crippen LogP contribution in [0, 0.1) is 0 Å². The number of phosphoric acid groups is 1. The average molecular weight is 1350 g/mol. The Morgan fingerprint density at radius 2 is 0.600 bits per heavy atom. The van der Waals surface area contributed by atoms with E-state index in [0.29, 0.717) is 17.4 Å². The van der Waals surface area contributed by atoms with E-state index < -0.39 is 26.5 Å². The Morgan fingerprint density at radius 3 is 0.895 bits per heavy atom. The van der Waals surface area contributed by atoms with Crippen molar-refractivity contribution in [2.75, 3.05) is 47.5 Å². The van der Waals surface area contributed by atoms with Gasteiger partial charge in [-0.25, -0.2) is 0 Å². The van der Waals surface area contributed by atoms with Crippen LogP contribution in [0.15, 0.2) is 97.2 Å². The second-order valence-corrected chi connectivity index (χ2v) is 29.8. The van der Waals surface area contributed by atoms with Crippen molar-refractivity contribution >= 4 is 19.8 Å². The van der Waals surface area contributed by atoms with E-state index in [1.165, 1.54) is 238 Å². The Labute approximate surface area is 589 Å². The first kappa shape index (κ1) is 91.9. The fourth-order valence-corrected chi connectivity index (χ4v) is 12.5. The van der Waals surface area contributed by atoms with Crippen molar-refractivity contribution in [3.63, 3.8) is 0 Å². The summed E-state index contributed by atoms with van der Waals surface area (Å²) in [5.74, 6) is -0.841. The van der Waals surface area contributed by atoms with Crippen molar-refractivity contribution in [3.8, 4) is 0 Å². The van der Waals surface area contributed by atoms with Crippen LogP contribution in [0.2, 0.25) is 0 Å². The maximum absolute atomic E-state index is 12.9. The van der Waals surface area contributed by atoms with Gasteiger partial charge < -0.3 is 27.9 Å². The van der Waals surface area contributed by atoms with E-state index in [-0.39, 0.29) is 32.0 Å². The molecule has 552 valence electrons. The van der Waals surface area contributed by atoms with Crippen LogP contribution in [0.1, 0.15) is 380 Å². The average Bonchev–Trinajstić information content (AvgIpc) is 2.29. The molecule has 0 saturated heterocycles. The number of carbonyl (C=O) groups is 2. The summed E-state index contributed by atoms with van der Waals surface area (Å²) >= 11 is 0. The van der Waals surface area contributed by atoms with E-state index in [1.807, 2.05) is 21.1 Å². The normalized spacial score (nSPS) is 13.5. The van der Waals surface area contributed by atoms with Gasteiger partial charge in [0.1, 0.15) is 19.8 Å². The highest BCUT2D eigenvalue weighted by molar-refractivity contribution is 7.45. The number of esters is 2. The number of phosphoric ester groups is 1. The maximum atomic E-state index is 12.9. The van der Waals surface area contributed by atoms with Gasteiger partial charge in [0.15, 0.2) is 6.10 Å². The molecule has 0 amide bonds. The monoisotopic (exact) mass is 1350 g/mol. The summed E-state index contributed by atoms with van der Waals surface area (Å²) in [6, 6.07) is 0. The molecule has 10 heteroatoms. The van der Waals surface area contributed by atoms with Crippen LogP contribution in [-0.4, -0.2) is 70.0 Å². The predicted molar refractivity (Wildman–Crippen MR) is 411 cm³/mol. The van der Waals surface area contributed by atoms with Crippen LogP contribution >= 0.6 is 7.82 Å². The summed E-state index contributed by atoms with van der Waals surface area (Å²) in [7, 11) is 1.16. The number of rotatable bonds is 75. The minimum absolute atomic E-state index is 0.0370. The first-order chi connectivity index (χ1) is 46.5. The number of carbonyl (C=O) groups excluding carboxylic acids is 2. The third-order valence-corrected chi connectivity index (χ3v) is 18.8. The van der Waals surface area contributed by atoms with Gasteiger partial charge in [-0.2, -0.15) is 0 Å². The molecule has 0 rings (SSSR count). The molecule has 0 aliphatic rings. The number of quaternary nitrogens is 1. The Hall–Kier alpha value is -3.07. The molecule has 9 nitrogen and oxygen atoms in total. The summed E-state index contributed by atoms with van der Waals surface area (Å²) in [6.07, 6.45) is 105. The topological polar surface area (TPSA) is 111 Å². The van der Waals surface area contributed by atoms with Crippen molar-refractivity contribution in [2.45, 2.75) is 386 Å². The van der Waals surface area contributed by atoms with Gasteiger partial charge in [0.25, 0.3) is 7.82 Å². The van der Waals surface area contributed by atoms with Crippen molar-refractivity contribution in [2.24, 2.45) is 0 Å². The molecular formula is C85H154NO8P. The summed E-state index contributed by atoms with van der Waals surface area (Å²) in [6.45, 7) is 4.15. The zero-order valence-electron chi connectivity index (χ0n) is 63.1. The number of ether oxygens (including phenoxy) is 2. The zero-order chi connectivity index (χ0) is 69.0. The molecule has 95 heavy (non-hydrogen) atoms. The lowest BCUT2D eigenvalue weighted by molar-refractivity contribution is -0.870. The highest BCUT2D eigenvalue weighted by Gasteiger charge is 2.22. The van der Waals surface area contributed by atoms with Gasteiger partial charge in [-0.15, -0.1) is 0 Å². The molecule has 0 radical (unpaired) electrons. The lowest BCUT2D eigenvalue weighted by Gasteiger charge is -2.28. The van der Waals surface area contributed by atoms with Gasteiger partial charge in [-0.1, -0.05) is 387 Å². The van der Waals surface area contributed by atoms with Crippen LogP contribution in [-0.2, 0) is 32.7 Å². The molecule has 0 aliphatic carbocycles. The molecule has 0 heterocycles. The van der Waals surface area contributed by atoms with Gasteiger partial charge in [-0.3, -0.25) is 14.2 Å². The van der Waals surface area contributed by atoms with Crippen molar-refractivity contribution < 1.29 is 42.1 Å². The maximum Gasteiger partial charge on any atom is 0.306 e. The first-order valence-corrected chi connectivity index (χ1v) is 41.9. The smallest absolute Gasteiger partial charge is 0.306 e. The zero-order valence-corrected chi connectivity index (χ0v) is 64.0. The molecule has 0 aromatic carbocycles. The summed E-state index contributed by atoms with van der Waals surface area (Å²) in [4.78, 5) is 38.2. The van der Waals surface area contributed by atoms with Gasteiger partial charge in [0.2, 0.25) is 0 Å². The van der Waals surface area contributed by atoms with Crippen LogP contribution < -0.4 is 4.89 Å². The van der Waals surface area contributed by atoms with Crippen molar-refractivity contribution in [1.82, 2.24) is 0 Å². The predicted octanol–water partition coefficient (Wildman–Crippen LogP) is 26.4. The van der Waals surface area contributed by atoms with Crippen molar-refractivity contribution in [1.29, 1.82) is 0 Å². The largest absolute Gasteiger partial charge is 0.756 e. The SMILES string of the molecule is CC/C=C\C/C=C\C/C=C\C/C=C\C/C=C\C/C=C\C/C=C\C/C=C\CCCCCCCCC(=O)OC(COC(=O)CCCCCCCCCCCCCCCCCCCCCCCCCCCCCCCCCCCCCCCCCC)COP(=O)([O-])OCC[N+](C)(C)C. The standard InChI is InChI=1S/C85H154NO8P/c1-6-8-10-12-14-16-18-20-22-24-26-28-30-32-34-36-38-39-40-41-42-43-44-45-46-48-49-51-53-55-57-59-61-63-65-67-69-71-73-75-77-84(87)91-81-83(82-93-95(89,90)92-80-79-86(3,4)5)94-85(88)78-76-74-72-70-68-66-64-62-60-58-56-54-52-50-47-37-35-33-31-29-27-25-23-21-19-17-15-13-11-9-7-2/h9,11,15,17,21,23,27,29,33,35,47,50,54,56,60,62,83H,6-8,10,12-14,16,18-20,22,24-26,28,30-32,34,36-46,48-49,51-53,55,57-59,61,63-82H2,1-5H3/b11-9-,17-15-,23-21-,29-27-,35-33-,50-47-,56-54-,62-60-. The molecule has 2 unspecified atom stereocenters. The van der Waals surface area contributed by atoms with E-state index in [0.717, 1.165) is 109 Å². The molecule has 0 fully saturated rings. The van der Waals surface area contributed by atoms with Gasteiger partial charge >= 0.3 is 11.9 Å². The lowest BCUT2D eigenvalue weighted by Crippen LogP contribution is -2.37. The lowest BCUT2D eigenvalue weighted by atomic mass is 10.0. The van der Waals surface area contributed by atoms with Crippen LogP contribution in [0.5, 0.6) is 0 Å². The van der Waals surface area contributed by atoms with Crippen LogP contribution in [0.3, 0.4) is 0 Å². The number of likely N-dealkylation sites (N-methyl/N-ethyl adjacent to an activating group) is 1. The number of unbranched alkanes of at least 4 members (excludes halogenated alkanes) is 45. The molecule has 0 spiro atoms. The summed E-state index contributed by atoms with van der Waals surface area (Å²) < 4.78 is 34.4. The minimum atomic E-state index is -4.66. The van der Waals surface area contributed by atoms with E-state index in [4.69, 9.17) is 18.5 Å². The Bertz CT molecular complexity index is 1930. The molecule has 0 aromatic rings. The highest BCUT2D eigenvalue weighted by Crippen LogP contribution is 2.38. The van der Waals surface area contributed by atoms with Crippen molar-refractivity contribution in [3.05, 3.63) is 97.2 Å². The Kier molecular flexibility index (Phi) is 72.7. The quantitative estimate of drug-likeness (QED) is 0.0195. The number of hydrogen-bond acceptors (Lipinski definition) is 8. The summed E-state index contributed by atoms with van der Waals surface area (Å²) in [5.41, 5.74) is 0. The third-order valence-electron chi connectivity index (χ3n) is 17.9. The fourth-order valence-electron chi connectivity index (χ4n) is 11.7. The van der Waals surface area contributed by atoms with Crippen LogP contribution in [0.4, 0.5) is 0 Å². The van der Waals surface area contributed by atoms with Gasteiger partial charge in [0.05, 0.1) is 27.7 Å². The molecule has 0 aromatic heterocycles. The second kappa shape index (κ2) is 75.1. The highest BCUT2D eigenvalue weighted by atomic mass is 31.2. The number of allylic oxidation sites excluding steroid dienone is 16. The van der Waals surface area contributed by atoms with Gasteiger partial charge in [-0.05, 0) is 77.0 Å². The molecular weight excluding hydrogens is 1190 g/mol. The molecule has 2 atom stereocenters. The number of nitrogens with zero attached hydrogens (tertiary/aromatic N) is 1. The Morgan fingerprint density at radius 1 is 0.337 bits per heavy atom. The molecule has 0 bridgehead atoms. The molecule has 0 N–H and O–H groups in total. The van der Waals surface area contributed by atoms with Crippen LogP contribution in [0.25, 0.3) is 0 Å². The fraction of sp³-hybridized carbons (Fsp3) is 0.788. The van der Waals surface area contributed by atoms with E-state index in [2.05, 4.69) is 111 Å². The first-order valence-electron chi connectivity index (χ1n) is 40.4. The molecule has 0 saturated carbocycles. The summed E-state index contributed by atoms with van der Waals surface area (Å²) in [5, 5.41) is 0. The van der Waals surface area contributed by atoms with E-state index in [9.17, 15) is 19.0 Å². The number of hydrogen-bond donors (Lipinski definition) is 0.